The molecule has 0 radical (unpaired) electrons. The first-order chi connectivity index (χ1) is 11.8. The van der Waals surface area contributed by atoms with Crippen LogP contribution in [-0.4, -0.2) is 29.0 Å². The molecular formula is C19H24FN3O2. The van der Waals surface area contributed by atoms with Gasteiger partial charge < -0.3 is 10.1 Å². The summed E-state index contributed by atoms with van der Waals surface area (Å²) in [5.41, 5.74) is 1.52. The Kier molecular flexibility index (Phi) is 6.20. The molecule has 5 nitrogen and oxygen atoms in total. The van der Waals surface area contributed by atoms with Crippen LogP contribution in [0.1, 0.15) is 60.2 Å². The second-order valence-electron chi connectivity index (χ2n) is 6.31. The number of hydrogen-bond donors (Lipinski definition) is 1. The van der Waals surface area contributed by atoms with Crippen molar-refractivity contribution in [1.29, 1.82) is 0 Å². The number of halogens is 1. The van der Waals surface area contributed by atoms with E-state index in [0.717, 1.165) is 0 Å². The molecule has 0 saturated heterocycles. The lowest BCUT2D eigenvalue weighted by atomic mass is 10.0. The Balaban J connectivity index is 2.24. The van der Waals surface area contributed by atoms with Gasteiger partial charge in [0.2, 0.25) is 0 Å². The van der Waals surface area contributed by atoms with Gasteiger partial charge in [0.15, 0.2) is 0 Å². The summed E-state index contributed by atoms with van der Waals surface area (Å²) in [7, 11) is 1.49. The van der Waals surface area contributed by atoms with Crippen molar-refractivity contribution < 1.29 is 13.9 Å². The number of nitrogens with one attached hydrogen (secondary N) is 1. The molecule has 0 unspecified atom stereocenters. The van der Waals surface area contributed by atoms with Gasteiger partial charge in [-0.25, -0.2) is 14.4 Å². The van der Waals surface area contributed by atoms with Gasteiger partial charge in [-0.1, -0.05) is 32.0 Å². The van der Waals surface area contributed by atoms with Crippen molar-refractivity contribution in [3.8, 4) is 0 Å². The molecule has 0 saturated carbocycles. The van der Waals surface area contributed by atoms with E-state index >= 15 is 0 Å². The fourth-order valence-electron chi connectivity index (χ4n) is 2.77. The SMILES string of the molecule is CO[C@@H](c1ccccc1F)[C@H](C)NC(=O)c1cnc(C)nc1C(C)C. The smallest absolute Gasteiger partial charge is 0.255 e. The molecule has 0 fully saturated rings. The van der Waals surface area contributed by atoms with Crippen molar-refractivity contribution in [2.24, 2.45) is 0 Å². The van der Waals surface area contributed by atoms with Crippen molar-refractivity contribution in [3.63, 3.8) is 0 Å². The largest absolute Gasteiger partial charge is 0.375 e. The van der Waals surface area contributed by atoms with Crippen LogP contribution in [-0.2, 0) is 4.74 Å². The minimum atomic E-state index is -0.598. The molecule has 0 aliphatic heterocycles. The maximum atomic E-state index is 14.0. The minimum absolute atomic E-state index is 0.0857. The Morgan fingerprint density at radius 1 is 1.24 bits per heavy atom. The molecule has 1 aromatic heterocycles. The number of ether oxygens (including phenoxy) is 1. The lowest BCUT2D eigenvalue weighted by Gasteiger charge is -2.25. The van der Waals surface area contributed by atoms with Crippen molar-refractivity contribution in [2.75, 3.05) is 7.11 Å². The molecule has 0 aliphatic rings. The maximum Gasteiger partial charge on any atom is 0.255 e. The number of nitrogens with zero attached hydrogens (tertiary/aromatic N) is 2. The summed E-state index contributed by atoms with van der Waals surface area (Å²) in [6.07, 6.45) is 0.934. The Labute approximate surface area is 147 Å². The number of benzene rings is 1. The molecule has 134 valence electrons. The first-order valence-corrected chi connectivity index (χ1v) is 8.26. The molecule has 1 N–H and O–H groups in total. The highest BCUT2D eigenvalue weighted by Crippen LogP contribution is 2.24. The summed E-state index contributed by atoms with van der Waals surface area (Å²) < 4.78 is 19.5. The molecule has 1 amide bonds. The van der Waals surface area contributed by atoms with E-state index < -0.39 is 12.1 Å². The molecule has 1 aromatic carbocycles. The van der Waals surface area contributed by atoms with Crippen LogP contribution in [0.4, 0.5) is 4.39 Å². The molecule has 2 aromatic rings. The minimum Gasteiger partial charge on any atom is -0.375 e. The van der Waals surface area contributed by atoms with Crippen LogP contribution in [0.2, 0.25) is 0 Å². The molecule has 0 aliphatic carbocycles. The van der Waals surface area contributed by atoms with Crippen LogP contribution in [0.5, 0.6) is 0 Å². The van der Waals surface area contributed by atoms with Crippen LogP contribution in [0.15, 0.2) is 30.5 Å². The second kappa shape index (κ2) is 8.16. The number of rotatable bonds is 6. The van der Waals surface area contributed by atoms with Gasteiger partial charge in [0.05, 0.1) is 17.3 Å². The zero-order chi connectivity index (χ0) is 18.6. The van der Waals surface area contributed by atoms with Crippen LogP contribution in [0.3, 0.4) is 0 Å². The normalized spacial score (nSPS) is 13.6. The predicted octanol–water partition coefficient (Wildman–Crippen LogP) is 3.55. The monoisotopic (exact) mass is 345 g/mol. The summed E-state index contributed by atoms with van der Waals surface area (Å²) in [4.78, 5) is 21.2. The summed E-state index contributed by atoms with van der Waals surface area (Å²) in [5.74, 6) is 0.0450. The number of methoxy groups -OCH3 is 1. The topological polar surface area (TPSA) is 64.1 Å². The highest BCUT2D eigenvalue weighted by molar-refractivity contribution is 5.95. The van der Waals surface area contributed by atoms with Crippen molar-refractivity contribution >= 4 is 5.91 Å². The summed E-state index contributed by atoms with van der Waals surface area (Å²) in [6, 6.07) is 5.95. The molecule has 0 spiro atoms. The number of carbonyl (C=O) groups is 1. The summed E-state index contributed by atoms with van der Waals surface area (Å²) in [6.45, 7) is 7.51. The zero-order valence-electron chi connectivity index (χ0n) is 15.2. The van der Waals surface area contributed by atoms with Gasteiger partial charge in [-0.2, -0.15) is 0 Å². The van der Waals surface area contributed by atoms with Gasteiger partial charge in [-0.15, -0.1) is 0 Å². The van der Waals surface area contributed by atoms with Gasteiger partial charge in [0.1, 0.15) is 17.7 Å². The Hall–Kier alpha value is -2.34. The van der Waals surface area contributed by atoms with E-state index in [1.54, 1.807) is 32.0 Å². The van der Waals surface area contributed by atoms with Gasteiger partial charge in [-0.05, 0) is 25.8 Å². The van der Waals surface area contributed by atoms with E-state index in [4.69, 9.17) is 4.74 Å². The van der Waals surface area contributed by atoms with E-state index in [2.05, 4.69) is 15.3 Å². The number of aromatic nitrogens is 2. The number of aryl methyl sites for hydroxylation is 1. The lowest BCUT2D eigenvalue weighted by Crippen LogP contribution is -2.38. The van der Waals surface area contributed by atoms with Gasteiger partial charge >= 0.3 is 0 Å². The van der Waals surface area contributed by atoms with Gasteiger partial charge in [0.25, 0.3) is 5.91 Å². The van der Waals surface area contributed by atoms with E-state index in [0.29, 0.717) is 22.6 Å². The second-order valence-corrected chi connectivity index (χ2v) is 6.31. The third-order valence-corrected chi connectivity index (χ3v) is 4.01. The number of hydrogen-bond acceptors (Lipinski definition) is 4. The van der Waals surface area contributed by atoms with Crippen LogP contribution < -0.4 is 5.32 Å². The average molecular weight is 345 g/mol. The van der Waals surface area contributed by atoms with Crippen LogP contribution in [0, 0.1) is 12.7 Å². The molecular weight excluding hydrogens is 321 g/mol. The molecule has 25 heavy (non-hydrogen) atoms. The number of amides is 1. The van der Waals surface area contributed by atoms with Crippen molar-refractivity contribution in [1.82, 2.24) is 15.3 Å². The molecule has 0 bridgehead atoms. The number of carbonyl (C=O) groups excluding carboxylic acids is 1. The Morgan fingerprint density at radius 2 is 1.92 bits per heavy atom. The van der Waals surface area contributed by atoms with E-state index in [-0.39, 0.29) is 17.6 Å². The fourth-order valence-corrected chi connectivity index (χ4v) is 2.77. The first-order valence-electron chi connectivity index (χ1n) is 8.26. The van der Waals surface area contributed by atoms with Crippen LogP contribution >= 0.6 is 0 Å². The summed E-state index contributed by atoms with van der Waals surface area (Å²) >= 11 is 0. The molecule has 1 heterocycles. The molecule has 2 rings (SSSR count). The van der Waals surface area contributed by atoms with E-state index in [1.165, 1.54) is 19.4 Å². The van der Waals surface area contributed by atoms with Crippen molar-refractivity contribution in [2.45, 2.75) is 45.8 Å². The maximum absolute atomic E-state index is 14.0. The first kappa shape index (κ1) is 19.0. The Morgan fingerprint density at radius 3 is 2.52 bits per heavy atom. The quantitative estimate of drug-likeness (QED) is 0.869. The third kappa shape index (κ3) is 4.39. The summed E-state index contributed by atoms with van der Waals surface area (Å²) in [5, 5.41) is 2.88. The highest BCUT2D eigenvalue weighted by atomic mass is 19.1. The average Bonchev–Trinajstić information content (AvgIpc) is 2.56. The van der Waals surface area contributed by atoms with Gasteiger partial charge in [-0.3, -0.25) is 4.79 Å². The highest BCUT2D eigenvalue weighted by Gasteiger charge is 2.25. The predicted molar refractivity (Wildman–Crippen MR) is 93.9 cm³/mol. The molecule has 2 atom stereocenters. The third-order valence-electron chi connectivity index (χ3n) is 4.01. The Bertz CT molecular complexity index is 749. The van der Waals surface area contributed by atoms with Gasteiger partial charge in [0, 0.05) is 18.9 Å². The van der Waals surface area contributed by atoms with Crippen molar-refractivity contribution in [3.05, 3.63) is 58.9 Å². The van der Waals surface area contributed by atoms with E-state index in [1.807, 2.05) is 13.8 Å². The lowest BCUT2D eigenvalue weighted by molar-refractivity contribution is 0.0624. The van der Waals surface area contributed by atoms with Crippen LogP contribution in [0.25, 0.3) is 0 Å². The molecule has 6 heteroatoms. The standard InChI is InChI=1S/C19H24FN3O2/c1-11(2)17-15(10-21-13(4)23-17)19(24)22-12(3)18(25-5)14-8-6-7-9-16(14)20/h6-12,18H,1-5H3,(H,22,24)/t12-,18+/m0/s1. The zero-order valence-corrected chi connectivity index (χ0v) is 15.2. The van der Waals surface area contributed by atoms with E-state index in [9.17, 15) is 9.18 Å². The fraction of sp³-hybridized carbons (Fsp3) is 0.421.